The molecule has 3 aromatic carbocycles. The summed E-state index contributed by atoms with van der Waals surface area (Å²) in [4.78, 5) is 29.1. The van der Waals surface area contributed by atoms with Crippen molar-refractivity contribution in [3.05, 3.63) is 98.1 Å². The normalized spacial score (nSPS) is 14.8. The van der Waals surface area contributed by atoms with Gasteiger partial charge in [0.1, 0.15) is 11.4 Å². The van der Waals surface area contributed by atoms with Gasteiger partial charge in [0, 0.05) is 10.2 Å². The molecule has 5 rings (SSSR count). The lowest BCUT2D eigenvalue weighted by Gasteiger charge is -2.26. The minimum atomic E-state index is -0.813. The van der Waals surface area contributed by atoms with E-state index in [-0.39, 0.29) is 16.8 Å². The van der Waals surface area contributed by atoms with Crippen LogP contribution >= 0.6 is 15.9 Å². The highest BCUT2D eigenvalue weighted by Gasteiger charge is 2.44. The number of hydrogen-bond donors (Lipinski definition) is 0. The Kier molecular flexibility index (Phi) is 7.25. The average Bonchev–Trinajstić information content (AvgIpc) is 3.18. The molecule has 1 unspecified atom stereocenters. The van der Waals surface area contributed by atoms with Crippen LogP contribution in [-0.2, 0) is 0 Å². The van der Waals surface area contributed by atoms with Crippen molar-refractivity contribution in [3.63, 3.8) is 0 Å². The van der Waals surface area contributed by atoms with Gasteiger partial charge in [-0.3, -0.25) is 14.5 Å². The monoisotopic (exact) mass is 579 g/mol. The van der Waals surface area contributed by atoms with Crippen molar-refractivity contribution in [1.29, 1.82) is 0 Å². The molecule has 0 bridgehead atoms. The first-order valence-corrected chi connectivity index (χ1v) is 13.3. The third-order valence-corrected chi connectivity index (χ3v) is 6.97. The molecule has 0 N–H and O–H groups in total. The Labute approximate surface area is 228 Å². The van der Waals surface area contributed by atoms with E-state index in [1.54, 1.807) is 30.3 Å². The van der Waals surface area contributed by atoms with Crippen molar-refractivity contribution in [1.82, 2.24) is 0 Å². The molecule has 196 valence electrons. The fourth-order valence-electron chi connectivity index (χ4n) is 4.62. The molecule has 0 spiro atoms. The Bertz CT molecular complexity index is 1560. The van der Waals surface area contributed by atoms with Crippen LogP contribution in [0.1, 0.15) is 54.9 Å². The van der Waals surface area contributed by atoms with Crippen molar-refractivity contribution in [2.75, 3.05) is 18.1 Å². The number of carbonyl (C=O) groups is 1. The molecule has 1 amide bonds. The predicted molar refractivity (Wildman–Crippen MR) is 148 cm³/mol. The average molecular weight is 580 g/mol. The molecule has 0 aliphatic carbocycles. The van der Waals surface area contributed by atoms with Gasteiger partial charge in [0.15, 0.2) is 16.9 Å². The second kappa shape index (κ2) is 10.6. The van der Waals surface area contributed by atoms with Crippen LogP contribution in [0.5, 0.6) is 11.5 Å². The highest BCUT2D eigenvalue weighted by atomic mass is 79.9. The van der Waals surface area contributed by atoms with E-state index in [9.17, 15) is 14.0 Å². The Morgan fingerprint density at radius 2 is 1.76 bits per heavy atom. The van der Waals surface area contributed by atoms with Gasteiger partial charge in [0.25, 0.3) is 5.91 Å². The molecule has 0 saturated heterocycles. The second-order valence-electron chi connectivity index (χ2n) is 9.54. The highest BCUT2D eigenvalue weighted by Crippen LogP contribution is 2.43. The lowest BCUT2D eigenvalue weighted by molar-refractivity contribution is 0.0971. The van der Waals surface area contributed by atoms with Crippen LogP contribution in [0.3, 0.4) is 0 Å². The van der Waals surface area contributed by atoms with Crippen LogP contribution in [0.2, 0.25) is 0 Å². The second-order valence-corrected chi connectivity index (χ2v) is 10.5. The molecule has 38 heavy (non-hydrogen) atoms. The molecule has 1 aliphatic rings. The minimum absolute atomic E-state index is 0.0330. The highest BCUT2D eigenvalue weighted by molar-refractivity contribution is 9.10. The van der Waals surface area contributed by atoms with Crippen LogP contribution in [0, 0.1) is 11.7 Å². The zero-order valence-corrected chi connectivity index (χ0v) is 22.9. The maximum Gasteiger partial charge on any atom is 0.295 e. The van der Waals surface area contributed by atoms with Crippen molar-refractivity contribution in [2.24, 2.45) is 5.92 Å². The standard InChI is InChI=1S/C30H27BrFNO5/c1-4-36-25-15-18(5-11-24(25)37-14-13-17(2)3)27-26-28(34)22-16-19(31)6-12-23(22)38-29(26)30(35)33(27)21-9-7-20(32)8-10-21/h5-12,15-17,27H,4,13-14H2,1-3H3. The van der Waals surface area contributed by atoms with E-state index in [2.05, 4.69) is 29.8 Å². The molecular formula is C30H27BrFNO5. The first-order chi connectivity index (χ1) is 18.3. The molecule has 4 aromatic rings. The van der Waals surface area contributed by atoms with Crippen molar-refractivity contribution >= 4 is 38.5 Å². The van der Waals surface area contributed by atoms with E-state index in [4.69, 9.17) is 13.9 Å². The summed E-state index contributed by atoms with van der Waals surface area (Å²) >= 11 is 3.41. The molecule has 6 nitrogen and oxygen atoms in total. The molecule has 1 aromatic heterocycles. The number of benzene rings is 3. The summed E-state index contributed by atoms with van der Waals surface area (Å²) in [5, 5.41) is 0.357. The van der Waals surface area contributed by atoms with Gasteiger partial charge in [0.2, 0.25) is 5.76 Å². The summed E-state index contributed by atoms with van der Waals surface area (Å²) in [5.41, 5.74) is 1.31. The zero-order chi connectivity index (χ0) is 27.0. The Hall–Kier alpha value is -3.65. The predicted octanol–water partition coefficient (Wildman–Crippen LogP) is 7.27. The van der Waals surface area contributed by atoms with E-state index in [0.29, 0.717) is 52.9 Å². The quantitative estimate of drug-likeness (QED) is 0.219. The Morgan fingerprint density at radius 1 is 1.00 bits per heavy atom. The number of rotatable bonds is 8. The summed E-state index contributed by atoms with van der Waals surface area (Å²) in [5.74, 6) is 0.651. The number of hydrogen-bond acceptors (Lipinski definition) is 5. The van der Waals surface area contributed by atoms with Gasteiger partial charge in [-0.15, -0.1) is 0 Å². The van der Waals surface area contributed by atoms with E-state index < -0.39 is 17.8 Å². The van der Waals surface area contributed by atoms with Gasteiger partial charge in [-0.2, -0.15) is 0 Å². The molecule has 1 atom stereocenters. The lowest BCUT2D eigenvalue weighted by atomic mass is 9.97. The van der Waals surface area contributed by atoms with Crippen LogP contribution in [0.25, 0.3) is 11.0 Å². The summed E-state index contributed by atoms with van der Waals surface area (Å²) < 4.78 is 32.4. The maximum absolute atomic E-state index is 13.8. The van der Waals surface area contributed by atoms with E-state index in [1.165, 1.54) is 29.2 Å². The van der Waals surface area contributed by atoms with Crippen LogP contribution in [0.4, 0.5) is 10.1 Å². The molecule has 0 radical (unpaired) electrons. The van der Waals surface area contributed by atoms with Crippen LogP contribution in [-0.4, -0.2) is 19.1 Å². The fourth-order valence-corrected chi connectivity index (χ4v) is 4.98. The molecule has 8 heteroatoms. The van der Waals surface area contributed by atoms with Crippen LogP contribution in [0.15, 0.2) is 74.3 Å². The summed E-state index contributed by atoms with van der Waals surface area (Å²) in [7, 11) is 0. The smallest absolute Gasteiger partial charge is 0.295 e. The maximum atomic E-state index is 13.8. The van der Waals surface area contributed by atoms with Crippen LogP contribution < -0.4 is 19.8 Å². The third kappa shape index (κ3) is 4.80. The summed E-state index contributed by atoms with van der Waals surface area (Å²) in [6.07, 6.45) is 0.889. The first kappa shape index (κ1) is 26.0. The van der Waals surface area contributed by atoms with Gasteiger partial charge < -0.3 is 13.9 Å². The number of ether oxygens (including phenoxy) is 2. The van der Waals surface area contributed by atoms with Crippen molar-refractivity contribution < 1.29 is 23.1 Å². The number of halogens is 2. The van der Waals surface area contributed by atoms with Crippen molar-refractivity contribution in [2.45, 2.75) is 33.2 Å². The summed E-state index contributed by atoms with van der Waals surface area (Å²) in [6.45, 7) is 7.08. The Morgan fingerprint density at radius 3 is 2.47 bits per heavy atom. The number of fused-ring (bicyclic) bond motifs is 2. The van der Waals surface area contributed by atoms with Gasteiger partial charge in [-0.1, -0.05) is 35.8 Å². The molecule has 0 fully saturated rings. The van der Waals surface area contributed by atoms with Gasteiger partial charge in [-0.25, -0.2) is 4.39 Å². The SMILES string of the molecule is CCOc1cc(C2c3c(oc4ccc(Br)cc4c3=O)C(=O)N2c2ccc(F)cc2)ccc1OCCC(C)C. The molecule has 1 aliphatic heterocycles. The molecule has 2 heterocycles. The van der Waals surface area contributed by atoms with Gasteiger partial charge in [-0.05, 0) is 79.4 Å². The minimum Gasteiger partial charge on any atom is -0.490 e. The van der Waals surface area contributed by atoms with Gasteiger partial charge in [0.05, 0.1) is 30.2 Å². The van der Waals surface area contributed by atoms with E-state index in [0.717, 1.165) is 10.9 Å². The molecule has 0 saturated carbocycles. The van der Waals surface area contributed by atoms with E-state index >= 15 is 0 Å². The van der Waals surface area contributed by atoms with E-state index in [1.807, 2.05) is 13.0 Å². The number of anilines is 1. The topological polar surface area (TPSA) is 69.0 Å². The lowest BCUT2D eigenvalue weighted by Crippen LogP contribution is -2.29. The number of nitrogens with zero attached hydrogens (tertiary/aromatic N) is 1. The first-order valence-electron chi connectivity index (χ1n) is 12.5. The van der Waals surface area contributed by atoms with Crippen molar-refractivity contribution in [3.8, 4) is 11.5 Å². The largest absolute Gasteiger partial charge is 0.490 e. The Balaban J connectivity index is 1.69. The number of amides is 1. The third-order valence-electron chi connectivity index (χ3n) is 6.47. The van der Waals surface area contributed by atoms with Gasteiger partial charge >= 0.3 is 0 Å². The summed E-state index contributed by atoms with van der Waals surface area (Å²) in [6, 6.07) is 15.3. The fraction of sp³-hybridized carbons (Fsp3) is 0.267. The molecular weight excluding hydrogens is 553 g/mol. The number of carbonyl (C=O) groups excluding carboxylic acids is 1. The zero-order valence-electron chi connectivity index (χ0n) is 21.3.